The van der Waals surface area contributed by atoms with Gasteiger partial charge in [0.15, 0.2) is 0 Å². The molecule has 0 spiro atoms. The van der Waals surface area contributed by atoms with E-state index in [1.54, 1.807) is 11.1 Å². The Bertz CT molecular complexity index is 564. The van der Waals surface area contributed by atoms with Crippen LogP contribution in [0.3, 0.4) is 0 Å². The zero-order chi connectivity index (χ0) is 15.1. The van der Waals surface area contributed by atoms with Gasteiger partial charge in [0.2, 0.25) is 0 Å². The Hall–Kier alpha value is -2.16. The van der Waals surface area contributed by atoms with Crippen LogP contribution < -0.4 is 0 Å². The summed E-state index contributed by atoms with van der Waals surface area (Å²) in [4.78, 5) is 18.4. The standard InChI is InChI=1S/C18H22N2O/c1-3-6-15-8-10-16(11-9-15)18(21)20(2)14-12-17-7-4-5-13-19-17/h4-5,7-11,13H,3,6,12,14H2,1-2H3. The van der Waals surface area contributed by atoms with Gasteiger partial charge >= 0.3 is 0 Å². The van der Waals surface area contributed by atoms with Crippen LogP contribution in [0.2, 0.25) is 0 Å². The number of hydrogen-bond acceptors (Lipinski definition) is 2. The average Bonchev–Trinajstić information content (AvgIpc) is 2.54. The molecule has 0 saturated carbocycles. The lowest BCUT2D eigenvalue weighted by molar-refractivity contribution is 0.0796. The van der Waals surface area contributed by atoms with Crippen LogP contribution in [0.4, 0.5) is 0 Å². The summed E-state index contributed by atoms with van der Waals surface area (Å²) < 4.78 is 0. The van der Waals surface area contributed by atoms with Gasteiger partial charge in [0.05, 0.1) is 0 Å². The molecule has 1 aromatic heterocycles. The maximum atomic E-state index is 12.3. The lowest BCUT2D eigenvalue weighted by atomic mass is 10.1. The van der Waals surface area contributed by atoms with Crippen LogP contribution in [0, 0.1) is 0 Å². The number of carbonyl (C=O) groups excluding carboxylic acids is 1. The number of amides is 1. The molecule has 0 atom stereocenters. The van der Waals surface area contributed by atoms with Crippen LogP contribution in [0.15, 0.2) is 48.7 Å². The maximum absolute atomic E-state index is 12.3. The van der Waals surface area contributed by atoms with Crippen LogP contribution in [-0.2, 0) is 12.8 Å². The Morgan fingerprint density at radius 1 is 1.10 bits per heavy atom. The van der Waals surface area contributed by atoms with E-state index in [4.69, 9.17) is 0 Å². The van der Waals surface area contributed by atoms with Crippen molar-refractivity contribution in [1.29, 1.82) is 0 Å². The highest BCUT2D eigenvalue weighted by molar-refractivity contribution is 5.94. The number of hydrogen-bond donors (Lipinski definition) is 0. The number of rotatable bonds is 6. The highest BCUT2D eigenvalue weighted by Gasteiger charge is 2.11. The maximum Gasteiger partial charge on any atom is 0.253 e. The minimum atomic E-state index is 0.0639. The third-order valence-corrected chi connectivity index (χ3v) is 3.52. The zero-order valence-electron chi connectivity index (χ0n) is 12.7. The summed E-state index contributed by atoms with van der Waals surface area (Å²) in [5, 5.41) is 0. The SMILES string of the molecule is CCCc1ccc(C(=O)N(C)CCc2ccccn2)cc1. The molecule has 0 aliphatic heterocycles. The van der Waals surface area contributed by atoms with Crippen molar-refractivity contribution in [2.45, 2.75) is 26.2 Å². The van der Waals surface area contributed by atoms with Gasteiger partial charge in [0.1, 0.15) is 0 Å². The zero-order valence-corrected chi connectivity index (χ0v) is 12.7. The number of nitrogens with zero attached hydrogens (tertiary/aromatic N) is 2. The van der Waals surface area contributed by atoms with Gasteiger partial charge in [-0.05, 0) is 36.2 Å². The number of aromatic nitrogens is 1. The molecule has 3 nitrogen and oxygen atoms in total. The quantitative estimate of drug-likeness (QED) is 0.814. The molecule has 0 aliphatic carbocycles. The van der Waals surface area contributed by atoms with E-state index in [0.29, 0.717) is 6.54 Å². The van der Waals surface area contributed by atoms with E-state index >= 15 is 0 Å². The number of pyridine rings is 1. The number of benzene rings is 1. The van der Waals surface area contributed by atoms with E-state index < -0.39 is 0 Å². The smallest absolute Gasteiger partial charge is 0.253 e. The van der Waals surface area contributed by atoms with Crippen LogP contribution >= 0.6 is 0 Å². The Balaban J connectivity index is 1.92. The average molecular weight is 282 g/mol. The van der Waals surface area contributed by atoms with E-state index in [1.165, 1.54) is 5.56 Å². The van der Waals surface area contributed by atoms with Crippen molar-refractivity contribution in [3.8, 4) is 0 Å². The molecule has 0 saturated heterocycles. The van der Waals surface area contributed by atoms with Gasteiger partial charge in [-0.25, -0.2) is 0 Å². The molecular weight excluding hydrogens is 260 g/mol. The molecule has 0 N–H and O–H groups in total. The second kappa shape index (κ2) is 7.58. The monoisotopic (exact) mass is 282 g/mol. The summed E-state index contributed by atoms with van der Waals surface area (Å²) in [6.07, 6.45) is 4.74. The molecule has 21 heavy (non-hydrogen) atoms. The normalized spacial score (nSPS) is 10.4. The molecule has 0 unspecified atom stereocenters. The van der Waals surface area contributed by atoms with Crippen LogP contribution in [0.25, 0.3) is 0 Å². The number of carbonyl (C=O) groups is 1. The van der Waals surface area contributed by atoms with Gasteiger partial charge in [-0.15, -0.1) is 0 Å². The van der Waals surface area contributed by atoms with Crippen molar-refractivity contribution >= 4 is 5.91 Å². The topological polar surface area (TPSA) is 33.2 Å². The molecule has 110 valence electrons. The molecule has 3 heteroatoms. The first kappa shape index (κ1) is 15.2. The summed E-state index contributed by atoms with van der Waals surface area (Å²) in [6.45, 7) is 2.83. The summed E-state index contributed by atoms with van der Waals surface area (Å²) in [7, 11) is 1.84. The third kappa shape index (κ3) is 4.42. The van der Waals surface area contributed by atoms with Crippen LogP contribution in [0.1, 0.15) is 35.0 Å². The van der Waals surface area contributed by atoms with Gasteiger partial charge in [-0.2, -0.15) is 0 Å². The number of aryl methyl sites for hydroxylation is 1. The van der Waals surface area contributed by atoms with Crippen molar-refractivity contribution in [2.24, 2.45) is 0 Å². The molecule has 2 rings (SSSR count). The molecule has 0 bridgehead atoms. The Kier molecular flexibility index (Phi) is 5.50. The molecule has 2 aromatic rings. The molecule has 0 radical (unpaired) electrons. The van der Waals surface area contributed by atoms with Gasteiger partial charge in [-0.3, -0.25) is 9.78 Å². The van der Waals surface area contributed by atoms with Crippen molar-refractivity contribution < 1.29 is 4.79 Å². The van der Waals surface area contributed by atoms with E-state index in [0.717, 1.165) is 30.5 Å². The highest BCUT2D eigenvalue weighted by Crippen LogP contribution is 2.09. The summed E-state index contributed by atoms with van der Waals surface area (Å²) in [6, 6.07) is 13.8. The predicted octanol–water partition coefficient (Wildman–Crippen LogP) is 3.35. The first-order valence-electron chi connectivity index (χ1n) is 7.45. The minimum Gasteiger partial charge on any atom is -0.341 e. The summed E-state index contributed by atoms with van der Waals surface area (Å²) >= 11 is 0. The molecule has 1 amide bonds. The molecule has 0 aliphatic rings. The summed E-state index contributed by atoms with van der Waals surface area (Å²) in [5.41, 5.74) is 3.04. The molecular formula is C18H22N2O. The third-order valence-electron chi connectivity index (χ3n) is 3.52. The van der Waals surface area contributed by atoms with E-state index in [-0.39, 0.29) is 5.91 Å². The highest BCUT2D eigenvalue weighted by atomic mass is 16.2. The fraction of sp³-hybridized carbons (Fsp3) is 0.333. The van der Waals surface area contributed by atoms with Crippen LogP contribution in [0.5, 0.6) is 0 Å². The van der Waals surface area contributed by atoms with Gasteiger partial charge in [0.25, 0.3) is 5.91 Å². The minimum absolute atomic E-state index is 0.0639. The molecule has 1 heterocycles. The lowest BCUT2D eigenvalue weighted by Gasteiger charge is -2.17. The second-order valence-corrected chi connectivity index (χ2v) is 5.24. The van der Waals surface area contributed by atoms with E-state index in [9.17, 15) is 4.79 Å². The second-order valence-electron chi connectivity index (χ2n) is 5.24. The Labute approximate surface area is 126 Å². The Morgan fingerprint density at radius 2 is 1.86 bits per heavy atom. The fourth-order valence-corrected chi connectivity index (χ4v) is 2.25. The Morgan fingerprint density at radius 3 is 2.48 bits per heavy atom. The van der Waals surface area contributed by atoms with Crippen LogP contribution in [-0.4, -0.2) is 29.4 Å². The van der Waals surface area contributed by atoms with Gasteiger partial charge in [-0.1, -0.05) is 31.5 Å². The van der Waals surface area contributed by atoms with Crippen molar-refractivity contribution in [1.82, 2.24) is 9.88 Å². The number of likely N-dealkylation sites (N-methyl/N-ethyl adjacent to an activating group) is 1. The van der Waals surface area contributed by atoms with E-state index in [1.807, 2.05) is 49.5 Å². The van der Waals surface area contributed by atoms with Crippen molar-refractivity contribution in [2.75, 3.05) is 13.6 Å². The van der Waals surface area contributed by atoms with Gasteiger partial charge < -0.3 is 4.90 Å². The largest absolute Gasteiger partial charge is 0.341 e. The first-order valence-corrected chi connectivity index (χ1v) is 7.45. The first-order chi connectivity index (χ1) is 10.2. The fourth-order valence-electron chi connectivity index (χ4n) is 2.25. The van der Waals surface area contributed by atoms with E-state index in [2.05, 4.69) is 11.9 Å². The molecule has 1 aromatic carbocycles. The van der Waals surface area contributed by atoms with Gasteiger partial charge in [0, 0.05) is 37.5 Å². The predicted molar refractivity (Wildman–Crippen MR) is 85.3 cm³/mol. The lowest BCUT2D eigenvalue weighted by Crippen LogP contribution is -2.29. The summed E-state index contributed by atoms with van der Waals surface area (Å²) in [5.74, 6) is 0.0639. The molecule has 0 fully saturated rings. The van der Waals surface area contributed by atoms with Crippen molar-refractivity contribution in [3.63, 3.8) is 0 Å². The van der Waals surface area contributed by atoms with Crippen molar-refractivity contribution in [3.05, 3.63) is 65.5 Å².